The monoisotopic (exact) mass is 406 g/mol. The van der Waals surface area contributed by atoms with Crippen molar-refractivity contribution in [2.75, 3.05) is 5.32 Å². The summed E-state index contributed by atoms with van der Waals surface area (Å²) < 4.78 is 13.3. The molecule has 0 fully saturated rings. The number of anilines is 1. The van der Waals surface area contributed by atoms with Gasteiger partial charge in [0.2, 0.25) is 5.91 Å². The standard InChI is InChI=1S/C22H16ClFN4O/c23-19(15-4-2-1-3-5-15)22(29)26-21-18(14-10-12-25-13-11-14)20(27-28-21)16-6-8-17(24)9-7-16/h1-13,19H,(H2,26,27,28,29). The number of H-pyrrole nitrogens is 1. The van der Waals surface area contributed by atoms with Crippen LogP contribution in [0.15, 0.2) is 79.1 Å². The van der Waals surface area contributed by atoms with Crippen LogP contribution in [-0.2, 0) is 4.79 Å². The Morgan fingerprint density at radius 1 is 0.966 bits per heavy atom. The Labute approximate surface area is 171 Å². The van der Waals surface area contributed by atoms with Crippen LogP contribution in [0.3, 0.4) is 0 Å². The number of pyridine rings is 1. The maximum absolute atomic E-state index is 13.3. The topological polar surface area (TPSA) is 70.7 Å². The van der Waals surface area contributed by atoms with Crippen molar-refractivity contribution in [2.24, 2.45) is 0 Å². The van der Waals surface area contributed by atoms with Crippen LogP contribution in [0.4, 0.5) is 10.2 Å². The minimum Gasteiger partial charge on any atom is -0.307 e. The van der Waals surface area contributed by atoms with E-state index >= 15 is 0 Å². The third-order valence-corrected chi connectivity index (χ3v) is 4.88. The van der Waals surface area contributed by atoms with Crippen molar-refractivity contribution in [3.05, 3.63) is 90.5 Å². The summed E-state index contributed by atoms with van der Waals surface area (Å²) in [6.07, 6.45) is 3.30. The van der Waals surface area contributed by atoms with E-state index in [1.165, 1.54) is 12.1 Å². The van der Waals surface area contributed by atoms with E-state index in [-0.39, 0.29) is 5.82 Å². The molecule has 1 unspecified atom stereocenters. The summed E-state index contributed by atoms with van der Waals surface area (Å²) in [5.41, 5.74) is 3.54. The van der Waals surface area contributed by atoms with E-state index in [1.54, 1.807) is 36.7 Å². The molecule has 1 atom stereocenters. The van der Waals surface area contributed by atoms with Crippen LogP contribution < -0.4 is 5.32 Å². The smallest absolute Gasteiger partial charge is 0.248 e. The lowest BCUT2D eigenvalue weighted by Gasteiger charge is -2.11. The predicted molar refractivity (Wildman–Crippen MR) is 111 cm³/mol. The number of nitrogens with one attached hydrogen (secondary N) is 2. The van der Waals surface area contributed by atoms with Crippen LogP contribution >= 0.6 is 11.6 Å². The number of alkyl halides is 1. The molecule has 0 bridgehead atoms. The molecule has 0 aliphatic rings. The lowest BCUT2D eigenvalue weighted by molar-refractivity contribution is -0.116. The second-order valence-electron chi connectivity index (χ2n) is 6.33. The normalized spacial score (nSPS) is 11.8. The first-order valence-corrected chi connectivity index (χ1v) is 9.31. The SMILES string of the molecule is O=C(Nc1n[nH]c(-c2ccc(F)cc2)c1-c1ccncc1)C(Cl)c1ccccc1. The molecule has 0 saturated heterocycles. The predicted octanol–water partition coefficient (Wildman–Crippen LogP) is 5.20. The maximum Gasteiger partial charge on any atom is 0.248 e. The highest BCUT2D eigenvalue weighted by atomic mass is 35.5. The molecule has 4 aromatic rings. The Hall–Kier alpha value is -3.51. The fourth-order valence-electron chi connectivity index (χ4n) is 3.01. The number of hydrogen-bond donors (Lipinski definition) is 2. The van der Waals surface area contributed by atoms with E-state index in [9.17, 15) is 9.18 Å². The Morgan fingerprint density at radius 3 is 2.34 bits per heavy atom. The zero-order valence-corrected chi connectivity index (χ0v) is 15.9. The minimum absolute atomic E-state index is 0.333. The van der Waals surface area contributed by atoms with Gasteiger partial charge in [-0.25, -0.2) is 4.39 Å². The fraction of sp³-hybridized carbons (Fsp3) is 0.0455. The molecule has 5 nitrogen and oxygen atoms in total. The summed E-state index contributed by atoms with van der Waals surface area (Å²) in [6.45, 7) is 0. The molecule has 144 valence electrons. The summed E-state index contributed by atoms with van der Waals surface area (Å²) in [4.78, 5) is 16.8. The highest BCUT2D eigenvalue weighted by Gasteiger charge is 2.23. The average molecular weight is 407 g/mol. The molecule has 1 amide bonds. The lowest BCUT2D eigenvalue weighted by atomic mass is 10.0. The fourth-order valence-corrected chi connectivity index (χ4v) is 3.21. The lowest BCUT2D eigenvalue weighted by Crippen LogP contribution is -2.18. The minimum atomic E-state index is -0.868. The van der Waals surface area contributed by atoms with Gasteiger partial charge in [-0.1, -0.05) is 30.3 Å². The number of carbonyl (C=O) groups excluding carboxylic acids is 1. The second kappa shape index (κ2) is 8.24. The Balaban J connectivity index is 1.72. The average Bonchev–Trinajstić information content (AvgIpc) is 3.18. The van der Waals surface area contributed by atoms with Crippen molar-refractivity contribution in [1.82, 2.24) is 15.2 Å². The number of carbonyl (C=O) groups is 1. The molecule has 4 rings (SSSR count). The molecule has 2 N–H and O–H groups in total. The molecule has 0 saturated carbocycles. The third kappa shape index (κ3) is 4.02. The summed E-state index contributed by atoms with van der Waals surface area (Å²) in [6, 6.07) is 18.7. The van der Waals surface area contributed by atoms with Gasteiger partial charge in [0.15, 0.2) is 5.82 Å². The van der Waals surface area contributed by atoms with Gasteiger partial charge in [0.25, 0.3) is 0 Å². The molecule has 2 aromatic heterocycles. The van der Waals surface area contributed by atoms with Crippen LogP contribution in [0.2, 0.25) is 0 Å². The summed E-state index contributed by atoms with van der Waals surface area (Å²) in [7, 11) is 0. The van der Waals surface area contributed by atoms with Crippen LogP contribution in [-0.4, -0.2) is 21.1 Å². The van der Waals surface area contributed by atoms with Crippen LogP contribution in [0.5, 0.6) is 0 Å². The van der Waals surface area contributed by atoms with Gasteiger partial charge in [-0.2, -0.15) is 5.10 Å². The highest BCUT2D eigenvalue weighted by molar-refractivity contribution is 6.32. The van der Waals surface area contributed by atoms with Gasteiger partial charge in [0, 0.05) is 18.0 Å². The largest absolute Gasteiger partial charge is 0.307 e. The van der Waals surface area contributed by atoms with E-state index in [0.717, 1.165) is 11.1 Å². The first kappa shape index (κ1) is 18.8. The van der Waals surface area contributed by atoms with Crippen LogP contribution in [0.25, 0.3) is 22.4 Å². The number of aromatic amines is 1. The number of hydrogen-bond acceptors (Lipinski definition) is 3. The molecule has 29 heavy (non-hydrogen) atoms. The molecule has 2 heterocycles. The zero-order valence-electron chi connectivity index (χ0n) is 15.1. The number of aromatic nitrogens is 3. The number of halogens is 2. The van der Waals surface area contributed by atoms with Crippen LogP contribution in [0, 0.1) is 5.82 Å². The quantitative estimate of drug-likeness (QED) is 0.448. The number of benzene rings is 2. The molecule has 7 heteroatoms. The number of nitrogens with zero attached hydrogens (tertiary/aromatic N) is 2. The maximum atomic E-state index is 13.3. The first-order valence-electron chi connectivity index (χ1n) is 8.88. The van der Waals surface area contributed by atoms with Gasteiger partial charge in [-0.15, -0.1) is 11.6 Å². The van der Waals surface area contributed by atoms with Crippen molar-refractivity contribution in [1.29, 1.82) is 0 Å². The summed E-state index contributed by atoms with van der Waals surface area (Å²) in [5.74, 6) is -0.396. The van der Waals surface area contributed by atoms with Crippen molar-refractivity contribution >= 4 is 23.3 Å². The molecule has 0 aliphatic heterocycles. The van der Waals surface area contributed by atoms with E-state index in [1.807, 2.05) is 30.3 Å². The highest BCUT2D eigenvalue weighted by Crippen LogP contribution is 2.36. The van der Waals surface area contributed by atoms with E-state index in [2.05, 4.69) is 20.5 Å². The van der Waals surface area contributed by atoms with Gasteiger partial charge in [0.1, 0.15) is 11.2 Å². The third-order valence-electron chi connectivity index (χ3n) is 4.43. The molecular formula is C22H16ClFN4O. The summed E-state index contributed by atoms with van der Waals surface area (Å²) in [5, 5.41) is 9.15. The Morgan fingerprint density at radius 2 is 1.66 bits per heavy atom. The van der Waals surface area contributed by atoms with Gasteiger partial charge in [0.05, 0.1) is 11.3 Å². The molecule has 2 aromatic carbocycles. The van der Waals surface area contributed by atoms with E-state index in [4.69, 9.17) is 11.6 Å². The first-order chi connectivity index (χ1) is 14.1. The van der Waals surface area contributed by atoms with Crippen molar-refractivity contribution < 1.29 is 9.18 Å². The van der Waals surface area contributed by atoms with E-state index in [0.29, 0.717) is 22.6 Å². The molecule has 0 spiro atoms. The van der Waals surface area contributed by atoms with Gasteiger partial charge < -0.3 is 5.32 Å². The second-order valence-corrected chi connectivity index (χ2v) is 6.76. The van der Waals surface area contributed by atoms with Crippen molar-refractivity contribution in [3.8, 4) is 22.4 Å². The number of rotatable bonds is 5. The molecule has 0 aliphatic carbocycles. The Bertz CT molecular complexity index is 1110. The van der Waals surface area contributed by atoms with Crippen molar-refractivity contribution in [2.45, 2.75) is 5.38 Å². The zero-order chi connectivity index (χ0) is 20.2. The van der Waals surface area contributed by atoms with Gasteiger partial charge in [-0.3, -0.25) is 14.9 Å². The Kier molecular flexibility index (Phi) is 5.35. The molecule has 0 radical (unpaired) electrons. The van der Waals surface area contributed by atoms with Gasteiger partial charge >= 0.3 is 0 Å². The molecular weight excluding hydrogens is 391 g/mol. The van der Waals surface area contributed by atoms with Crippen molar-refractivity contribution in [3.63, 3.8) is 0 Å². The summed E-state index contributed by atoms with van der Waals surface area (Å²) >= 11 is 6.34. The number of amides is 1. The van der Waals surface area contributed by atoms with E-state index < -0.39 is 11.3 Å². The van der Waals surface area contributed by atoms with Gasteiger partial charge in [-0.05, 0) is 47.5 Å². The van der Waals surface area contributed by atoms with Crippen LogP contribution in [0.1, 0.15) is 10.9 Å².